The van der Waals surface area contributed by atoms with Gasteiger partial charge >= 0.3 is 5.97 Å². The molecule has 8 heteroatoms. The minimum Gasteiger partial charge on any atom is -0.508 e. The van der Waals surface area contributed by atoms with Crippen LogP contribution >= 0.6 is 0 Å². The number of carbonyl (C=O) groups excluding carboxylic acids is 3. The molecule has 8 nitrogen and oxygen atoms in total. The van der Waals surface area contributed by atoms with Gasteiger partial charge in [0.1, 0.15) is 17.3 Å². The van der Waals surface area contributed by atoms with Gasteiger partial charge in [-0.15, -0.1) is 0 Å². The predicted octanol–water partition coefficient (Wildman–Crippen LogP) is 4.98. The van der Waals surface area contributed by atoms with Crippen LogP contribution in [0.15, 0.2) is 78.4 Å². The fourth-order valence-corrected chi connectivity index (χ4v) is 4.16. The number of amides is 1. The van der Waals surface area contributed by atoms with E-state index in [4.69, 9.17) is 9.47 Å². The van der Waals surface area contributed by atoms with Crippen molar-refractivity contribution in [2.45, 2.75) is 26.3 Å². The zero-order valence-corrected chi connectivity index (χ0v) is 20.5. The normalized spacial score (nSPS) is 16.6. The second-order valence-corrected chi connectivity index (χ2v) is 8.40. The van der Waals surface area contributed by atoms with E-state index in [1.807, 2.05) is 13.8 Å². The molecule has 37 heavy (non-hydrogen) atoms. The molecular formula is C29H27NO7. The summed E-state index contributed by atoms with van der Waals surface area (Å²) in [5, 5.41) is 21.1. The number of ketones is 1. The predicted molar refractivity (Wildman–Crippen MR) is 138 cm³/mol. The molecule has 1 aliphatic rings. The summed E-state index contributed by atoms with van der Waals surface area (Å²) in [6.07, 6.45) is 0.689. The lowest BCUT2D eigenvalue weighted by molar-refractivity contribution is -0.132. The van der Waals surface area contributed by atoms with Gasteiger partial charge in [-0.1, -0.05) is 31.2 Å². The molecule has 190 valence electrons. The molecule has 4 rings (SSSR count). The number of hydrogen-bond acceptors (Lipinski definition) is 7. The Morgan fingerprint density at radius 2 is 1.65 bits per heavy atom. The van der Waals surface area contributed by atoms with Crippen LogP contribution in [-0.2, 0) is 14.3 Å². The van der Waals surface area contributed by atoms with Crippen LogP contribution in [0.2, 0.25) is 0 Å². The second-order valence-electron chi connectivity index (χ2n) is 8.40. The number of rotatable bonds is 8. The highest BCUT2D eigenvalue weighted by Gasteiger charge is 2.47. The molecule has 1 unspecified atom stereocenters. The SMILES string of the molecule is CCCOC(=O)c1ccc(N2C(=O)C(=O)/C(=C(/O)c3cccc(OCC)c3)C2c2ccc(O)cc2)cc1. The first-order valence-electron chi connectivity index (χ1n) is 12.0. The van der Waals surface area contributed by atoms with Crippen molar-refractivity contribution in [2.24, 2.45) is 0 Å². The van der Waals surface area contributed by atoms with Crippen molar-refractivity contribution in [3.63, 3.8) is 0 Å². The lowest BCUT2D eigenvalue weighted by Crippen LogP contribution is -2.29. The van der Waals surface area contributed by atoms with Gasteiger partial charge in [-0.3, -0.25) is 14.5 Å². The van der Waals surface area contributed by atoms with Crippen molar-refractivity contribution in [1.82, 2.24) is 0 Å². The van der Waals surface area contributed by atoms with E-state index in [2.05, 4.69) is 0 Å². The molecule has 1 atom stereocenters. The van der Waals surface area contributed by atoms with Crippen LogP contribution in [0.25, 0.3) is 5.76 Å². The summed E-state index contributed by atoms with van der Waals surface area (Å²) in [7, 11) is 0. The van der Waals surface area contributed by atoms with Crippen LogP contribution in [0.5, 0.6) is 11.5 Å². The van der Waals surface area contributed by atoms with Gasteiger partial charge in [-0.25, -0.2) is 4.79 Å². The third-order valence-corrected chi connectivity index (χ3v) is 5.89. The molecule has 2 N–H and O–H groups in total. The Morgan fingerprint density at radius 3 is 2.30 bits per heavy atom. The second kappa shape index (κ2) is 11.0. The standard InChI is InChI=1S/C29H27NO7/c1-3-16-37-29(35)19-8-12-21(13-9-19)30-25(18-10-14-22(31)15-11-18)24(27(33)28(30)34)26(32)20-6-5-7-23(17-20)36-4-2/h5-15,17,25,31-32H,3-4,16H2,1-2H3/b26-24+. The van der Waals surface area contributed by atoms with Gasteiger partial charge in [-0.05, 0) is 67.4 Å². The van der Waals surface area contributed by atoms with Crippen LogP contribution < -0.4 is 9.64 Å². The number of aromatic hydroxyl groups is 1. The summed E-state index contributed by atoms with van der Waals surface area (Å²) in [4.78, 5) is 40.1. The van der Waals surface area contributed by atoms with Crippen LogP contribution in [0.4, 0.5) is 5.69 Å². The van der Waals surface area contributed by atoms with E-state index >= 15 is 0 Å². The zero-order valence-electron chi connectivity index (χ0n) is 20.5. The van der Waals surface area contributed by atoms with Crippen LogP contribution in [0.3, 0.4) is 0 Å². The number of esters is 1. The molecule has 0 aromatic heterocycles. The summed E-state index contributed by atoms with van der Waals surface area (Å²) < 4.78 is 10.7. The zero-order chi connectivity index (χ0) is 26.5. The molecule has 0 bridgehead atoms. The molecule has 1 amide bonds. The number of aliphatic hydroxyl groups excluding tert-OH is 1. The number of phenols is 1. The summed E-state index contributed by atoms with van der Waals surface area (Å²) >= 11 is 0. The Bertz CT molecular complexity index is 1340. The van der Waals surface area contributed by atoms with E-state index in [1.54, 1.807) is 48.5 Å². The lowest BCUT2D eigenvalue weighted by Gasteiger charge is -2.25. The van der Waals surface area contributed by atoms with Crippen molar-refractivity contribution in [1.29, 1.82) is 0 Å². The fourth-order valence-electron chi connectivity index (χ4n) is 4.16. The number of carbonyl (C=O) groups is 3. The van der Waals surface area contributed by atoms with Crippen molar-refractivity contribution in [2.75, 3.05) is 18.1 Å². The van der Waals surface area contributed by atoms with E-state index in [-0.39, 0.29) is 17.1 Å². The molecule has 1 heterocycles. The minimum absolute atomic E-state index is 0.0139. The Labute approximate surface area is 214 Å². The Morgan fingerprint density at radius 1 is 0.946 bits per heavy atom. The number of nitrogens with zero attached hydrogens (tertiary/aromatic N) is 1. The minimum atomic E-state index is -0.978. The first-order valence-corrected chi connectivity index (χ1v) is 12.0. The molecule has 0 saturated carbocycles. The Balaban J connectivity index is 1.82. The summed E-state index contributed by atoms with van der Waals surface area (Å²) in [5.41, 5.74) is 1.39. The number of ether oxygens (including phenoxy) is 2. The smallest absolute Gasteiger partial charge is 0.338 e. The molecule has 0 spiro atoms. The molecule has 1 saturated heterocycles. The van der Waals surface area contributed by atoms with Gasteiger partial charge in [0.05, 0.1) is 30.4 Å². The highest BCUT2D eigenvalue weighted by Crippen LogP contribution is 2.42. The van der Waals surface area contributed by atoms with Crippen molar-refractivity contribution in [3.8, 4) is 11.5 Å². The third-order valence-electron chi connectivity index (χ3n) is 5.89. The maximum absolute atomic E-state index is 13.3. The summed E-state index contributed by atoms with van der Waals surface area (Å²) in [5.74, 6) is -2.00. The Hall–Kier alpha value is -4.59. The molecule has 3 aromatic carbocycles. The average molecular weight is 502 g/mol. The first kappa shape index (κ1) is 25.5. The quantitative estimate of drug-likeness (QED) is 0.194. The van der Waals surface area contributed by atoms with Gasteiger partial charge in [-0.2, -0.15) is 0 Å². The first-order chi connectivity index (χ1) is 17.8. The number of phenolic OH excluding ortho intramolecular Hbond substituents is 1. The highest BCUT2D eigenvalue weighted by atomic mass is 16.5. The molecular weight excluding hydrogens is 474 g/mol. The van der Waals surface area contributed by atoms with Crippen LogP contribution in [0, 0.1) is 0 Å². The summed E-state index contributed by atoms with van der Waals surface area (Å²) in [6.45, 7) is 4.44. The van der Waals surface area contributed by atoms with Gasteiger partial charge in [0, 0.05) is 11.3 Å². The number of hydrogen-bond donors (Lipinski definition) is 2. The molecule has 0 aliphatic carbocycles. The number of anilines is 1. The lowest BCUT2D eigenvalue weighted by atomic mass is 9.95. The number of Topliss-reactive ketones (excluding diaryl/α,β-unsaturated/α-hetero) is 1. The van der Waals surface area contributed by atoms with E-state index in [0.29, 0.717) is 47.8 Å². The molecule has 3 aromatic rings. The maximum Gasteiger partial charge on any atom is 0.338 e. The number of aliphatic hydroxyl groups is 1. The Kier molecular flexibility index (Phi) is 7.57. The van der Waals surface area contributed by atoms with Gasteiger partial charge in [0.15, 0.2) is 0 Å². The van der Waals surface area contributed by atoms with E-state index in [1.165, 1.54) is 29.2 Å². The van der Waals surface area contributed by atoms with Crippen molar-refractivity contribution in [3.05, 3.63) is 95.1 Å². The fraction of sp³-hybridized carbons (Fsp3) is 0.207. The van der Waals surface area contributed by atoms with E-state index < -0.39 is 23.7 Å². The summed E-state index contributed by atoms with van der Waals surface area (Å²) in [6, 6.07) is 17.8. The van der Waals surface area contributed by atoms with Crippen molar-refractivity contribution >= 4 is 29.1 Å². The maximum atomic E-state index is 13.3. The molecule has 1 fully saturated rings. The van der Waals surface area contributed by atoms with Gasteiger partial charge < -0.3 is 19.7 Å². The van der Waals surface area contributed by atoms with Crippen molar-refractivity contribution < 1.29 is 34.1 Å². The van der Waals surface area contributed by atoms with Gasteiger partial charge in [0.25, 0.3) is 11.7 Å². The highest BCUT2D eigenvalue weighted by molar-refractivity contribution is 6.51. The van der Waals surface area contributed by atoms with E-state index in [0.717, 1.165) is 0 Å². The largest absolute Gasteiger partial charge is 0.508 e. The van der Waals surface area contributed by atoms with E-state index in [9.17, 15) is 24.6 Å². The average Bonchev–Trinajstić information content (AvgIpc) is 3.17. The topological polar surface area (TPSA) is 113 Å². The molecule has 0 radical (unpaired) electrons. The third kappa shape index (κ3) is 5.18. The van der Waals surface area contributed by atoms with Crippen LogP contribution in [-0.4, -0.2) is 41.1 Å². The monoisotopic (exact) mass is 501 g/mol. The molecule has 1 aliphatic heterocycles. The number of benzene rings is 3. The van der Waals surface area contributed by atoms with Gasteiger partial charge in [0.2, 0.25) is 0 Å². The van der Waals surface area contributed by atoms with Crippen LogP contribution in [0.1, 0.15) is 47.8 Å².